The van der Waals surface area contributed by atoms with Gasteiger partial charge in [-0.2, -0.15) is 0 Å². The number of nitrogens with zero attached hydrogens (tertiary/aromatic N) is 2. The summed E-state index contributed by atoms with van der Waals surface area (Å²) in [6.45, 7) is 3.28. The van der Waals surface area contributed by atoms with Gasteiger partial charge in [-0.3, -0.25) is 13.9 Å². The maximum Gasteiger partial charge on any atom is 0.264 e. The van der Waals surface area contributed by atoms with Crippen LogP contribution in [0.4, 0.5) is 10.1 Å². The Morgan fingerprint density at radius 3 is 2.15 bits per heavy atom. The molecule has 0 aliphatic rings. The van der Waals surface area contributed by atoms with Crippen molar-refractivity contribution in [1.82, 2.24) is 10.2 Å². The minimum absolute atomic E-state index is 0.109. The molecular weight excluding hydrogens is 637 g/mol. The summed E-state index contributed by atoms with van der Waals surface area (Å²) in [6.07, 6.45) is 0.109. The zero-order valence-corrected chi connectivity index (χ0v) is 28.2. The van der Waals surface area contributed by atoms with Gasteiger partial charge in [-0.15, -0.1) is 0 Å². The molecule has 1 atom stereocenters. The van der Waals surface area contributed by atoms with Gasteiger partial charge in [-0.25, -0.2) is 12.8 Å². The highest BCUT2D eigenvalue weighted by atomic mass is 32.2. The van der Waals surface area contributed by atoms with Crippen molar-refractivity contribution in [1.29, 1.82) is 0 Å². The first-order chi connectivity index (χ1) is 23.1. The first-order valence-corrected chi connectivity index (χ1v) is 16.9. The third-order valence-corrected chi connectivity index (χ3v) is 9.35. The van der Waals surface area contributed by atoms with Crippen LogP contribution in [-0.2, 0) is 32.6 Å². The predicted molar refractivity (Wildman–Crippen MR) is 181 cm³/mol. The van der Waals surface area contributed by atoms with Crippen molar-refractivity contribution < 1.29 is 36.6 Å². The third kappa shape index (κ3) is 8.62. The van der Waals surface area contributed by atoms with Gasteiger partial charge >= 0.3 is 0 Å². The maximum atomic E-state index is 15.0. The van der Waals surface area contributed by atoms with Gasteiger partial charge < -0.3 is 24.4 Å². The zero-order valence-electron chi connectivity index (χ0n) is 27.4. The number of amides is 2. The Balaban J connectivity index is 1.83. The summed E-state index contributed by atoms with van der Waals surface area (Å²) in [5.41, 5.74) is 1.11. The molecule has 0 saturated heterocycles. The number of halogens is 1. The summed E-state index contributed by atoms with van der Waals surface area (Å²) in [5.74, 6) is -0.731. The number of sulfonamides is 1. The van der Waals surface area contributed by atoms with Crippen molar-refractivity contribution in [3.63, 3.8) is 0 Å². The molecule has 0 aliphatic heterocycles. The molecule has 2 amide bonds. The van der Waals surface area contributed by atoms with Crippen LogP contribution in [0.25, 0.3) is 0 Å². The molecular formula is C36H40FN3O7S. The van der Waals surface area contributed by atoms with Crippen LogP contribution in [0.15, 0.2) is 102 Å². The molecule has 0 heterocycles. The minimum Gasteiger partial charge on any atom is -0.494 e. The molecule has 1 N–H and O–H groups in total. The lowest BCUT2D eigenvalue weighted by Crippen LogP contribution is -2.53. The number of likely N-dealkylation sites (N-methyl/N-ethyl adjacent to an activating group) is 1. The summed E-state index contributed by atoms with van der Waals surface area (Å²) >= 11 is 0. The van der Waals surface area contributed by atoms with Gasteiger partial charge in [0, 0.05) is 31.1 Å². The van der Waals surface area contributed by atoms with E-state index < -0.39 is 40.2 Å². The molecule has 0 spiro atoms. The molecule has 254 valence electrons. The van der Waals surface area contributed by atoms with E-state index in [1.54, 1.807) is 25.1 Å². The van der Waals surface area contributed by atoms with Crippen LogP contribution in [0.5, 0.6) is 17.2 Å². The van der Waals surface area contributed by atoms with Gasteiger partial charge in [0.1, 0.15) is 24.2 Å². The molecule has 0 unspecified atom stereocenters. The van der Waals surface area contributed by atoms with E-state index in [0.717, 1.165) is 9.87 Å². The van der Waals surface area contributed by atoms with E-state index in [9.17, 15) is 18.0 Å². The average molecular weight is 678 g/mol. The zero-order chi connectivity index (χ0) is 34.7. The highest BCUT2D eigenvalue weighted by Gasteiger charge is 2.35. The predicted octanol–water partition coefficient (Wildman–Crippen LogP) is 5.21. The van der Waals surface area contributed by atoms with Crippen LogP contribution in [0.2, 0.25) is 0 Å². The number of rotatable bonds is 16. The summed E-state index contributed by atoms with van der Waals surface area (Å²) in [7, 11) is -1.61. The Morgan fingerprint density at radius 1 is 0.854 bits per heavy atom. The molecule has 4 rings (SSSR count). The molecule has 0 saturated carbocycles. The molecule has 10 nitrogen and oxygen atoms in total. The number of ether oxygens (including phenoxy) is 3. The number of carbonyl (C=O) groups is 2. The smallest absolute Gasteiger partial charge is 0.264 e. The van der Waals surface area contributed by atoms with Gasteiger partial charge in [0.25, 0.3) is 10.0 Å². The van der Waals surface area contributed by atoms with Crippen molar-refractivity contribution in [2.75, 3.05) is 38.2 Å². The maximum absolute atomic E-state index is 15.0. The van der Waals surface area contributed by atoms with Gasteiger partial charge in [0.15, 0.2) is 11.5 Å². The number of hydrogen-bond donors (Lipinski definition) is 1. The fourth-order valence-corrected chi connectivity index (χ4v) is 6.59. The van der Waals surface area contributed by atoms with Crippen molar-refractivity contribution in [3.05, 3.63) is 114 Å². The standard InChI is InChI=1S/C36H40FN3O7S/c1-5-38-36(42)32(22-26-12-8-7-9-13-26)39(24-27-14-10-11-15-31(27)37)35(41)25-40(28-16-18-29(19-17-28)47-6-2)48(43,44)30-20-21-33(45-3)34(23-30)46-4/h7-21,23,32H,5-6,22,24-25H2,1-4H3,(H,38,42)/t32-/m0/s1. The number of hydrogen-bond acceptors (Lipinski definition) is 7. The van der Waals surface area contributed by atoms with Crippen molar-refractivity contribution in [3.8, 4) is 17.2 Å². The summed E-state index contributed by atoms with van der Waals surface area (Å²) < 4.78 is 60.9. The fourth-order valence-electron chi connectivity index (χ4n) is 5.16. The largest absolute Gasteiger partial charge is 0.494 e. The molecule has 0 aliphatic carbocycles. The number of benzene rings is 4. The molecule has 0 aromatic heterocycles. The Kier molecular flexibility index (Phi) is 12.4. The van der Waals surface area contributed by atoms with Gasteiger partial charge in [0.2, 0.25) is 11.8 Å². The molecule has 48 heavy (non-hydrogen) atoms. The number of methoxy groups -OCH3 is 2. The van der Waals surface area contributed by atoms with Crippen molar-refractivity contribution in [2.45, 2.75) is 37.8 Å². The first-order valence-electron chi connectivity index (χ1n) is 15.4. The normalized spacial score (nSPS) is 11.7. The quantitative estimate of drug-likeness (QED) is 0.173. The van der Waals surface area contributed by atoms with E-state index in [2.05, 4.69) is 5.32 Å². The van der Waals surface area contributed by atoms with E-state index in [1.165, 1.54) is 67.7 Å². The lowest BCUT2D eigenvalue weighted by molar-refractivity contribution is -0.140. The summed E-state index contributed by atoms with van der Waals surface area (Å²) in [4.78, 5) is 29.2. The van der Waals surface area contributed by atoms with Crippen LogP contribution in [-0.4, -0.2) is 65.1 Å². The highest BCUT2D eigenvalue weighted by Crippen LogP contribution is 2.33. The molecule has 0 radical (unpaired) electrons. The van der Waals surface area contributed by atoms with Crippen LogP contribution in [0, 0.1) is 5.82 Å². The lowest BCUT2D eigenvalue weighted by atomic mass is 10.0. The van der Waals surface area contributed by atoms with Gasteiger partial charge in [-0.1, -0.05) is 48.5 Å². The molecule has 4 aromatic carbocycles. The van der Waals surface area contributed by atoms with Gasteiger partial charge in [-0.05, 0) is 61.9 Å². The summed E-state index contributed by atoms with van der Waals surface area (Å²) in [5, 5.41) is 2.79. The Bertz CT molecular complexity index is 1790. The summed E-state index contributed by atoms with van der Waals surface area (Å²) in [6, 6.07) is 24.4. The second kappa shape index (κ2) is 16.6. The van der Waals surface area contributed by atoms with E-state index in [4.69, 9.17) is 14.2 Å². The minimum atomic E-state index is -4.43. The van der Waals surface area contributed by atoms with E-state index in [1.807, 2.05) is 37.3 Å². The average Bonchev–Trinajstić information content (AvgIpc) is 3.10. The monoisotopic (exact) mass is 677 g/mol. The Hall–Kier alpha value is -5.10. The second-order valence-corrected chi connectivity index (χ2v) is 12.5. The second-order valence-electron chi connectivity index (χ2n) is 10.7. The third-order valence-electron chi connectivity index (χ3n) is 7.58. The molecule has 4 aromatic rings. The number of nitrogens with one attached hydrogen (secondary N) is 1. The first kappa shape index (κ1) is 35.7. The van der Waals surface area contributed by atoms with E-state index >= 15 is 4.39 Å². The Morgan fingerprint density at radius 2 is 1.52 bits per heavy atom. The van der Waals surface area contributed by atoms with Crippen LogP contribution in [0.3, 0.4) is 0 Å². The topological polar surface area (TPSA) is 114 Å². The molecule has 12 heteroatoms. The molecule has 0 fully saturated rings. The highest BCUT2D eigenvalue weighted by molar-refractivity contribution is 7.92. The Labute approximate surface area is 281 Å². The molecule has 0 bridgehead atoms. The van der Waals surface area contributed by atoms with Gasteiger partial charge in [0.05, 0.1) is 31.4 Å². The number of carbonyl (C=O) groups excluding carboxylic acids is 2. The van der Waals surface area contributed by atoms with E-state index in [0.29, 0.717) is 18.1 Å². The fraction of sp³-hybridized carbons (Fsp3) is 0.278. The van der Waals surface area contributed by atoms with Crippen LogP contribution >= 0.6 is 0 Å². The van der Waals surface area contributed by atoms with Crippen molar-refractivity contribution >= 4 is 27.5 Å². The SMILES string of the molecule is CCNC(=O)[C@H](Cc1ccccc1)N(Cc1ccccc1F)C(=O)CN(c1ccc(OCC)cc1)S(=O)(=O)c1ccc(OC)c(OC)c1. The van der Waals surface area contributed by atoms with Crippen LogP contribution < -0.4 is 23.8 Å². The lowest BCUT2D eigenvalue weighted by Gasteiger charge is -2.34. The van der Waals surface area contributed by atoms with Crippen LogP contribution in [0.1, 0.15) is 25.0 Å². The number of anilines is 1. The van der Waals surface area contributed by atoms with Crippen molar-refractivity contribution in [2.24, 2.45) is 0 Å². The van der Waals surface area contributed by atoms with E-state index in [-0.39, 0.29) is 41.4 Å².